The smallest absolute Gasteiger partial charge is 0.165 e. The highest BCUT2D eigenvalue weighted by Gasteiger charge is 2.16. The second-order valence-electron chi connectivity index (χ2n) is 4.25. The van der Waals surface area contributed by atoms with Crippen molar-refractivity contribution in [2.45, 2.75) is 10.7 Å². The summed E-state index contributed by atoms with van der Waals surface area (Å²) in [6.07, 6.45) is 0. The van der Waals surface area contributed by atoms with E-state index >= 15 is 0 Å². The average molecular weight is 400 g/mol. The second-order valence-corrected chi connectivity index (χ2v) is 5.37. The van der Waals surface area contributed by atoms with Gasteiger partial charge in [0.25, 0.3) is 0 Å². The highest BCUT2D eigenvalue weighted by molar-refractivity contribution is 9.08. The standard InChI is InChI=1S/C16H16Br2O2/c1-19-15-8-7-13(14(10-18)16(15)20-2)12-6-4-3-5-11(12)9-17/h3-8H,9-10H2,1-2H3. The van der Waals surface area contributed by atoms with Crippen LogP contribution in [0.15, 0.2) is 36.4 Å². The molecule has 0 saturated heterocycles. The van der Waals surface area contributed by atoms with Crippen LogP contribution in [0.1, 0.15) is 11.1 Å². The number of hydrogen-bond acceptors (Lipinski definition) is 2. The number of halogens is 2. The number of hydrogen-bond donors (Lipinski definition) is 0. The third-order valence-electron chi connectivity index (χ3n) is 3.23. The fraction of sp³-hybridized carbons (Fsp3) is 0.250. The quantitative estimate of drug-likeness (QED) is 0.646. The maximum atomic E-state index is 5.53. The van der Waals surface area contributed by atoms with Crippen LogP contribution in [0, 0.1) is 0 Å². The molecule has 0 spiro atoms. The molecule has 0 heterocycles. The van der Waals surface area contributed by atoms with Gasteiger partial charge in [-0.05, 0) is 22.8 Å². The van der Waals surface area contributed by atoms with Crippen molar-refractivity contribution in [1.29, 1.82) is 0 Å². The molecule has 0 saturated carbocycles. The molecule has 0 aliphatic heterocycles. The summed E-state index contributed by atoms with van der Waals surface area (Å²) in [6.45, 7) is 0. The summed E-state index contributed by atoms with van der Waals surface area (Å²) < 4.78 is 10.9. The van der Waals surface area contributed by atoms with Crippen molar-refractivity contribution >= 4 is 31.9 Å². The number of ether oxygens (including phenoxy) is 2. The zero-order chi connectivity index (χ0) is 14.5. The van der Waals surface area contributed by atoms with Gasteiger partial charge in [0, 0.05) is 16.2 Å². The van der Waals surface area contributed by atoms with E-state index in [1.165, 1.54) is 11.1 Å². The Morgan fingerprint density at radius 3 is 2.20 bits per heavy atom. The molecular weight excluding hydrogens is 384 g/mol. The summed E-state index contributed by atoms with van der Waals surface area (Å²) in [6, 6.07) is 12.4. The molecule has 106 valence electrons. The zero-order valence-corrected chi connectivity index (χ0v) is 14.6. The summed E-state index contributed by atoms with van der Waals surface area (Å²) in [7, 11) is 3.33. The van der Waals surface area contributed by atoms with Gasteiger partial charge in [-0.2, -0.15) is 0 Å². The predicted octanol–water partition coefficient (Wildman–Crippen LogP) is 5.16. The van der Waals surface area contributed by atoms with Crippen LogP contribution in [0.3, 0.4) is 0 Å². The van der Waals surface area contributed by atoms with E-state index in [0.29, 0.717) is 5.33 Å². The SMILES string of the molecule is COc1ccc(-c2ccccc2CBr)c(CBr)c1OC. The highest BCUT2D eigenvalue weighted by Crippen LogP contribution is 2.40. The zero-order valence-electron chi connectivity index (χ0n) is 11.5. The van der Waals surface area contributed by atoms with Crippen LogP contribution in [-0.2, 0) is 10.7 Å². The molecule has 0 bridgehead atoms. The topological polar surface area (TPSA) is 18.5 Å². The third kappa shape index (κ3) is 2.86. The number of rotatable bonds is 5. The average Bonchev–Trinajstić information content (AvgIpc) is 2.53. The van der Waals surface area contributed by atoms with E-state index in [2.05, 4.69) is 62.2 Å². The van der Waals surface area contributed by atoms with Crippen molar-refractivity contribution in [2.24, 2.45) is 0 Å². The van der Waals surface area contributed by atoms with Gasteiger partial charge >= 0.3 is 0 Å². The summed E-state index contributed by atoms with van der Waals surface area (Å²) in [5.74, 6) is 1.54. The van der Waals surface area contributed by atoms with Crippen molar-refractivity contribution in [1.82, 2.24) is 0 Å². The fourth-order valence-electron chi connectivity index (χ4n) is 2.28. The molecule has 2 aromatic carbocycles. The molecule has 0 aliphatic carbocycles. The Morgan fingerprint density at radius 2 is 1.60 bits per heavy atom. The molecule has 2 nitrogen and oxygen atoms in total. The van der Waals surface area contributed by atoms with Gasteiger partial charge in [0.2, 0.25) is 0 Å². The van der Waals surface area contributed by atoms with E-state index in [1.54, 1.807) is 14.2 Å². The first-order valence-corrected chi connectivity index (χ1v) is 8.45. The maximum absolute atomic E-state index is 5.53. The minimum Gasteiger partial charge on any atom is -0.493 e. The van der Waals surface area contributed by atoms with Crippen LogP contribution >= 0.6 is 31.9 Å². The first kappa shape index (κ1) is 15.4. The Bertz CT molecular complexity index is 597. The van der Waals surface area contributed by atoms with Gasteiger partial charge in [-0.3, -0.25) is 0 Å². The van der Waals surface area contributed by atoms with Gasteiger partial charge in [-0.15, -0.1) is 0 Å². The lowest BCUT2D eigenvalue weighted by Gasteiger charge is -2.17. The molecule has 0 fully saturated rings. The van der Waals surface area contributed by atoms with E-state index < -0.39 is 0 Å². The van der Waals surface area contributed by atoms with E-state index in [4.69, 9.17) is 9.47 Å². The Balaban J connectivity index is 2.68. The molecule has 0 radical (unpaired) electrons. The summed E-state index contributed by atoms with van der Waals surface area (Å²) in [5, 5.41) is 1.53. The molecule has 2 aromatic rings. The van der Waals surface area contributed by atoms with E-state index in [0.717, 1.165) is 28.0 Å². The predicted molar refractivity (Wildman–Crippen MR) is 90.2 cm³/mol. The first-order chi connectivity index (χ1) is 9.76. The fourth-order valence-corrected chi connectivity index (χ4v) is 3.32. The van der Waals surface area contributed by atoms with Crippen LogP contribution in [0.4, 0.5) is 0 Å². The molecular formula is C16H16Br2O2. The van der Waals surface area contributed by atoms with Crippen LogP contribution in [-0.4, -0.2) is 14.2 Å². The third-order valence-corrected chi connectivity index (χ3v) is 4.40. The molecule has 0 N–H and O–H groups in total. The van der Waals surface area contributed by atoms with Gasteiger partial charge in [0.15, 0.2) is 11.5 Å². The Kier molecular flexibility index (Phi) is 5.49. The van der Waals surface area contributed by atoms with Gasteiger partial charge in [0.05, 0.1) is 14.2 Å². The van der Waals surface area contributed by atoms with Crippen LogP contribution in [0.25, 0.3) is 11.1 Å². The molecule has 0 aliphatic rings. The highest BCUT2D eigenvalue weighted by atomic mass is 79.9. The molecule has 0 atom stereocenters. The normalized spacial score (nSPS) is 10.4. The van der Waals surface area contributed by atoms with Crippen molar-refractivity contribution in [3.63, 3.8) is 0 Å². The van der Waals surface area contributed by atoms with Gasteiger partial charge in [0.1, 0.15) is 0 Å². The molecule has 2 rings (SSSR count). The van der Waals surface area contributed by atoms with Crippen LogP contribution in [0.2, 0.25) is 0 Å². The number of alkyl halides is 2. The van der Waals surface area contributed by atoms with Gasteiger partial charge < -0.3 is 9.47 Å². The minimum absolute atomic E-state index is 0.708. The van der Waals surface area contributed by atoms with Crippen molar-refractivity contribution in [2.75, 3.05) is 14.2 Å². The maximum Gasteiger partial charge on any atom is 0.165 e. The Hall–Kier alpha value is -1.00. The van der Waals surface area contributed by atoms with E-state index in [1.807, 2.05) is 6.07 Å². The van der Waals surface area contributed by atoms with Crippen molar-refractivity contribution in [3.05, 3.63) is 47.5 Å². The minimum atomic E-state index is 0.708. The molecule has 0 amide bonds. The Labute approximate surface area is 136 Å². The lowest BCUT2D eigenvalue weighted by Crippen LogP contribution is -1.98. The summed E-state index contributed by atoms with van der Waals surface area (Å²) in [4.78, 5) is 0. The molecule has 0 unspecified atom stereocenters. The summed E-state index contributed by atoms with van der Waals surface area (Å²) >= 11 is 7.11. The first-order valence-electron chi connectivity index (χ1n) is 6.20. The largest absolute Gasteiger partial charge is 0.493 e. The van der Waals surface area contributed by atoms with Gasteiger partial charge in [-0.25, -0.2) is 0 Å². The van der Waals surface area contributed by atoms with E-state index in [9.17, 15) is 0 Å². The van der Waals surface area contributed by atoms with Crippen molar-refractivity contribution < 1.29 is 9.47 Å². The van der Waals surface area contributed by atoms with Crippen LogP contribution < -0.4 is 9.47 Å². The molecule has 20 heavy (non-hydrogen) atoms. The van der Waals surface area contributed by atoms with Crippen molar-refractivity contribution in [3.8, 4) is 22.6 Å². The lowest BCUT2D eigenvalue weighted by molar-refractivity contribution is 0.353. The summed E-state index contributed by atoms with van der Waals surface area (Å²) in [5.41, 5.74) is 4.72. The van der Waals surface area contributed by atoms with Crippen LogP contribution in [0.5, 0.6) is 11.5 Å². The number of methoxy groups -OCH3 is 2. The second kappa shape index (κ2) is 7.14. The lowest BCUT2D eigenvalue weighted by atomic mass is 9.96. The number of benzene rings is 2. The molecule has 4 heteroatoms. The van der Waals surface area contributed by atoms with Gasteiger partial charge in [-0.1, -0.05) is 62.2 Å². The monoisotopic (exact) mass is 398 g/mol. The Morgan fingerprint density at radius 1 is 0.850 bits per heavy atom. The molecule has 0 aromatic heterocycles. The van der Waals surface area contributed by atoms with E-state index in [-0.39, 0.29) is 0 Å².